The molecular formula is C24H18O6. The molecule has 6 nitrogen and oxygen atoms in total. The molecule has 0 radical (unpaired) electrons. The van der Waals surface area contributed by atoms with Crippen molar-refractivity contribution in [1.82, 2.24) is 0 Å². The van der Waals surface area contributed by atoms with Gasteiger partial charge in [0.15, 0.2) is 0 Å². The zero-order valence-electron chi connectivity index (χ0n) is 16.0. The van der Waals surface area contributed by atoms with E-state index in [-0.39, 0.29) is 0 Å². The van der Waals surface area contributed by atoms with Crippen LogP contribution in [-0.4, -0.2) is 24.7 Å². The molecule has 0 unspecified atom stereocenters. The van der Waals surface area contributed by atoms with E-state index in [2.05, 4.69) is 34.7 Å². The van der Waals surface area contributed by atoms with Crippen molar-refractivity contribution in [3.05, 3.63) is 91.0 Å². The maximum Gasteiger partial charge on any atom is 0.344 e. The molecular weight excluding hydrogens is 384 g/mol. The van der Waals surface area contributed by atoms with Crippen LogP contribution < -0.4 is 0 Å². The fourth-order valence-corrected chi connectivity index (χ4v) is 2.13. The van der Waals surface area contributed by atoms with E-state index in [9.17, 15) is 14.4 Å². The lowest BCUT2D eigenvalue weighted by atomic mass is 10.0. The highest BCUT2D eigenvalue weighted by atomic mass is 16.7. The molecule has 0 aromatic heterocycles. The standard InChI is InChI=1S/C24H18O6/c1-3-22(25)28-16-15-19-7-12-21(13-8-19)20-10-5-18(6-11-20)9-14-24(27)30-17-29-23(26)4-2/h3-14H,1-2,17H2/b14-9+. The summed E-state index contributed by atoms with van der Waals surface area (Å²) in [6.45, 7) is 6.06. The topological polar surface area (TPSA) is 78.9 Å². The second-order valence-corrected chi connectivity index (χ2v) is 5.63. The van der Waals surface area contributed by atoms with Gasteiger partial charge in [0.1, 0.15) is 6.11 Å². The van der Waals surface area contributed by atoms with Crippen LogP contribution in [-0.2, 0) is 28.6 Å². The van der Waals surface area contributed by atoms with E-state index in [1.165, 1.54) is 6.08 Å². The van der Waals surface area contributed by atoms with Gasteiger partial charge in [-0.1, -0.05) is 49.6 Å². The van der Waals surface area contributed by atoms with Gasteiger partial charge >= 0.3 is 17.9 Å². The van der Waals surface area contributed by atoms with Crippen LogP contribution in [0, 0.1) is 12.0 Å². The van der Waals surface area contributed by atoms with Crippen molar-refractivity contribution in [2.24, 2.45) is 0 Å². The Labute approximate surface area is 174 Å². The normalized spacial score (nSPS) is 9.73. The fraction of sp³-hybridized carbons (Fsp3) is 0.0417. The van der Waals surface area contributed by atoms with Crippen molar-refractivity contribution >= 4 is 24.0 Å². The summed E-state index contributed by atoms with van der Waals surface area (Å²) in [7, 11) is 0. The van der Waals surface area contributed by atoms with Crippen molar-refractivity contribution in [2.75, 3.05) is 6.79 Å². The molecule has 0 heterocycles. The molecule has 0 atom stereocenters. The third kappa shape index (κ3) is 7.33. The van der Waals surface area contributed by atoms with Crippen LogP contribution >= 0.6 is 0 Å². The zero-order valence-corrected chi connectivity index (χ0v) is 16.0. The van der Waals surface area contributed by atoms with Crippen LogP contribution in [0.2, 0.25) is 0 Å². The first kappa shape index (κ1) is 21.9. The third-order valence-corrected chi connectivity index (χ3v) is 3.62. The summed E-state index contributed by atoms with van der Waals surface area (Å²) in [6.07, 6.45) is 7.17. The zero-order chi connectivity index (χ0) is 21.8. The minimum Gasteiger partial charge on any atom is -0.425 e. The summed E-state index contributed by atoms with van der Waals surface area (Å²) >= 11 is 0. The number of ether oxygens (including phenoxy) is 3. The first-order chi connectivity index (χ1) is 14.5. The van der Waals surface area contributed by atoms with E-state index >= 15 is 0 Å². The Bertz CT molecular complexity index is 1020. The number of benzene rings is 2. The predicted octanol–water partition coefficient (Wildman–Crippen LogP) is 3.63. The van der Waals surface area contributed by atoms with Crippen LogP contribution in [0.5, 0.6) is 0 Å². The van der Waals surface area contributed by atoms with Gasteiger partial charge in [0.2, 0.25) is 6.79 Å². The van der Waals surface area contributed by atoms with Crippen LogP contribution in [0.1, 0.15) is 11.1 Å². The molecule has 2 rings (SSSR count). The minimum absolute atomic E-state index is 0.468. The number of esters is 3. The highest BCUT2D eigenvalue weighted by Crippen LogP contribution is 2.20. The summed E-state index contributed by atoms with van der Waals surface area (Å²) in [6, 6.07) is 14.9. The molecule has 0 saturated heterocycles. The van der Waals surface area contributed by atoms with Crippen molar-refractivity contribution in [2.45, 2.75) is 0 Å². The van der Waals surface area contributed by atoms with Crippen molar-refractivity contribution in [1.29, 1.82) is 0 Å². The molecule has 2 aromatic rings. The molecule has 0 saturated carbocycles. The smallest absolute Gasteiger partial charge is 0.344 e. The van der Waals surface area contributed by atoms with Gasteiger partial charge < -0.3 is 14.2 Å². The van der Waals surface area contributed by atoms with Gasteiger partial charge in [-0.3, -0.25) is 0 Å². The molecule has 0 spiro atoms. The summed E-state index contributed by atoms with van der Waals surface area (Å²) in [5.74, 6) is 0.822. The summed E-state index contributed by atoms with van der Waals surface area (Å²) in [4.78, 5) is 33.4. The molecule has 0 aliphatic carbocycles. The Kier molecular flexibility index (Phi) is 8.38. The van der Waals surface area contributed by atoms with Crippen molar-refractivity contribution in [3.8, 4) is 23.2 Å². The van der Waals surface area contributed by atoms with E-state index in [0.29, 0.717) is 5.56 Å². The Morgan fingerprint density at radius 3 is 1.97 bits per heavy atom. The average Bonchev–Trinajstić information content (AvgIpc) is 2.78. The molecule has 0 N–H and O–H groups in total. The Morgan fingerprint density at radius 2 is 1.37 bits per heavy atom. The monoisotopic (exact) mass is 402 g/mol. The van der Waals surface area contributed by atoms with Gasteiger partial charge in [0.25, 0.3) is 0 Å². The average molecular weight is 402 g/mol. The molecule has 0 aliphatic rings. The summed E-state index contributed by atoms with van der Waals surface area (Å²) in [5.41, 5.74) is 3.45. The van der Waals surface area contributed by atoms with E-state index < -0.39 is 24.7 Å². The Balaban J connectivity index is 1.92. The minimum atomic E-state index is -0.668. The lowest BCUT2D eigenvalue weighted by Gasteiger charge is -2.03. The lowest BCUT2D eigenvalue weighted by molar-refractivity contribution is -0.160. The summed E-state index contributed by atoms with van der Waals surface area (Å²) < 4.78 is 13.9. The highest BCUT2D eigenvalue weighted by Gasteiger charge is 2.01. The van der Waals surface area contributed by atoms with Gasteiger partial charge in [0, 0.05) is 23.8 Å². The number of carbonyl (C=O) groups excluding carboxylic acids is 3. The molecule has 0 aliphatic heterocycles. The van der Waals surface area contributed by atoms with Gasteiger partial charge in [-0.2, -0.15) is 0 Å². The van der Waals surface area contributed by atoms with Gasteiger partial charge in [-0.25, -0.2) is 14.4 Å². The Morgan fingerprint density at radius 1 is 0.800 bits per heavy atom. The maximum atomic E-state index is 11.6. The second-order valence-electron chi connectivity index (χ2n) is 5.63. The quantitative estimate of drug-likeness (QED) is 0.305. The highest BCUT2D eigenvalue weighted by molar-refractivity contribution is 5.87. The number of hydrogen-bond donors (Lipinski definition) is 0. The molecule has 0 bridgehead atoms. The number of rotatable bonds is 7. The molecule has 2 aromatic carbocycles. The van der Waals surface area contributed by atoms with Gasteiger partial charge in [-0.05, 0) is 40.8 Å². The van der Waals surface area contributed by atoms with Gasteiger partial charge in [-0.15, -0.1) is 0 Å². The predicted molar refractivity (Wildman–Crippen MR) is 111 cm³/mol. The largest absolute Gasteiger partial charge is 0.425 e. The van der Waals surface area contributed by atoms with Gasteiger partial charge in [0.05, 0.1) is 0 Å². The molecule has 6 heteroatoms. The van der Waals surface area contributed by atoms with Crippen molar-refractivity contribution < 1.29 is 28.6 Å². The molecule has 0 fully saturated rings. The number of carbonyl (C=O) groups is 3. The summed E-state index contributed by atoms with van der Waals surface area (Å²) in [5, 5.41) is 0. The fourth-order valence-electron chi connectivity index (χ4n) is 2.13. The van der Waals surface area contributed by atoms with Crippen molar-refractivity contribution in [3.63, 3.8) is 0 Å². The molecule has 150 valence electrons. The Hall–Kier alpha value is -4.37. The van der Waals surface area contributed by atoms with E-state index in [4.69, 9.17) is 4.74 Å². The van der Waals surface area contributed by atoms with Crippen LogP contribution in [0.25, 0.3) is 17.2 Å². The van der Waals surface area contributed by atoms with E-state index in [0.717, 1.165) is 28.8 Å². The third-order valence-electron chi connectivity index (χ3n) is 3.62. The SMILES string of the molecule is C=CC(=O)OC#Cc1ccc(-c2ccc(/C=C/C(=O)OCOC(=O)C=C)cc2)cc1. The van der Waals surface area contributed by atoms with E-state index in [1.54, 1.807) is 6.08 Å². The first-order valence-electron chi connectivity index (χ1n) is 8.70. The van der Waals surface area contributed by atoms with Crippen LogP contribution in [0.4, 0.5) is 0 Å². The second kappa shape index (κ2) is 11.5. The van der Waals surface area contributed by atoms with E-state index in [1.807, 2.05) is 48.5 Å². The lowest BCUT2D eigenvalue weighted by Crippen LogP contribution is -2.09. The molecule has 0 amide bonds. The first-order valence-corrected chi connectivity index (χ1v) is 8.70. The maximum absolute atomic E-state index is 11.6. The van der Waals surface area contributed by atoms with Crippen LogP contribution in [0.3, 0.4) is 0 Å². The van der Waals surface area contributed by atoms with Crippen LogP contribution in [0.15, 0.2) is 79.9 Å². The molecule has 30 heavy (non-hydrogen) atoms. The number of hydrogen-bond acceptors (Lipinski definition) is 6.